The van der Waals surface area contributed by atoms with E-state index in [2.05, 4.69) is 27.0 Å². The topological polar surface area (TPSA) is 0 Å². The molecule has 0 rings (SSSR count). The van der Waals surface area contributed by atoms with Gasteiger partial charge in [0.25, 0.3) is 0 Å². The summed E-state index contributed by atoms with van der Waals surface area (Å²) in [5.74, 6) is 0. The zero-order valence-electron chi connectivity index (χ0n) is 7.97. The van der Waals surface area contributed by atoms with Crippen LogP contribution in [0.1, 0.15) is 39.5 Å². The van der Waals surface area contributed by atoms with Gasteiger partial charge >= 0.3 is 0 Å². The first-order valence-electron chi connectivity index (χ1n) is 4.05. The fraction of sp³-hybridized carbons (Fsp3) is 0.600. The van der Waals surface area contributed by atoms with Gasteiger partial charge in [0.1, 0.15) is 0 Å². The maximum Gasteiger partial charge on any atom is 0 e. The van der Waals surface area contributed by atoms with Crippen LogP contribution in [0.3, 0.4) is 0 Å². The van der Waals surface area contributed by atoms with Gasteiger partial charge in [-0.05, 0) is 12.8 Å². The molecule has 0 N–H and O–H groups in total. The van der Waals surface area contributed by atoms with Crippen LogP contribution in [0.5, 0.6) is 0 Å². The quantitative estimate of drug-likeness (QED) is 0.425. The summed E-state index contributed by atoms with van der Waals surface area (Å²) in [4.78, 5) is 0. The van der Waals surface area contributed by atoms with E-state index >= 15 is 0 Å². The molecule has 0 aromatic rings. The number of rotatable bonds is 4. The van der Waals surface area contributed by atoms with Crippen molar-refractivity contribution in [1.29, 1.82) is 0 Å². The largest absolute Gasteiger partial charge is 0.103 e. The lowest BCUT2D eigenvalue weighted by Crippen LogP contribution is -1.52. The van der Waals surface area contributed by atoms with E-state index in [9.17, 15) is 0 Å². The average Bonchev–Trinajstić information content (AvgIpc) is 1.93. The number of unbranched alkanes of at least 4 members (excludes halogenated alkanes) is 2. The van der Waals surface area contributed by atoms with Gasteiger partial charge in [0.2, 0.25) is 0 Å². The van der Waals surface area contributed by atoms with Crippen molar-refractivity contribution in [3.05, 3.63) is 25.3 Å². The summed E-state index contributed by atoms with van der Waals surface area (Å²) in [6.07, 6.45) is 8.62. The van der Waals surface area contributed by atoms with Crippen molar-refractivity contribution in [3.8, 4) is 0 Å². The lowest BCUT2D eigenvalue weighted by molar-refractivity contribution is 0.961. The van der Waals surface area contributed by atoms with Gasteiger partial charge in [-0.3, -0.25) is 0 Å². The Hall–Kier alpha value is -0.455. The van der Waals surface area contributed by atoms with Gasteiger partial charge < -0.3 is 0 Å². The molecular formula is C10H20B. The highest BCUT2D eigenvalue weighted by molar-refractivity contribution is 5.75. The van der Waals surface area contributed by atoms with E-state index < -0.39 is 0 Å². The Labute approximate surface area is 74.0 Å². The highest BCUT2D eigenvalue weighted by Crippen LogP contribution is 1.82. The lowest BCUT2D eigenvalue weighted by Gasteiger charge is -1.72. The van der Waals surface area contributed by atoms with Gasteiger partial charge in [-0.2, -0.15) is 0 Å². The van der Waals surface area contributed by atoms with Gasteiger partial charge in [0.15, 0.2) is 0 Å². The molecule has 0 aliphatic rings. The van der Waals surface area contributed by atoms with Crippen LogP contribution in [0.4, 0.5) is 0 Å². The van der Waals surface area contributed by atoms with Crippen LogP contribution in [0.2, 0.25) is 0 Å². The van der Waals surface area contributed by atoms with Crippen LogP contribution in [0, 0.1) is 0 Å². The second kappa shape index (κ2) is 22.7. The normalized spacial score (nSPS) is 6.73. The minimum absolute atomic E-state index is 0. The minimum atomic E-state index is 0. The van der Waals surface area contributed by atoms with Crippen LogP contribution < -0.4 is 0 Å². The monoisotopic (exact) mass is 151 g/mol. The predicted molar refractivity (Wildman–Crippen MR) is 56.0 cm³/mol. The van der Waals surface area contributed by atoms with Crippen LogP contribution in [-0.2, 0) is 0 Å². The molecule has 0 aromatic heterocycles. The summed E-state index contributed by atoms with van der Waals surface area (Å²) in [7, 11) is 0. The van der Waals surface area contributed by atoms with E-state index in [0.29, 0.717) is 0 Å². The van der Waals surface area contributed by atoms with Crippen molar-refractivity contribution in [2.24, 2.45) is 0 Å². The summed E-state index contributed by atoms with van der Waals surface area (Å²) >= 11 is 0. The second-order valence-corrected chi connectivity index (χ2v) is 2.15. The Bertz CT molecular complexity index is 57.3. The van der Waals surface area contributed by atoms with E-state index in [0.717, 1.165) is 12.8 Å². The molecule has 0 bridgehead atoms. The van der Waals surface area contributed by atoms with Crippen molar-refractivity contribution in [2.45, 2.75) is 39.5 Å². The molecule has 0 nitrogen and oxygen atoms in total. The van der Waals surface area contributed by atoms with Gasteiger partial charge in [-0.1, -0.05) is 38.8 Å². The highest BCUT2D eigenvalue weighted by atomic mass is 13.7. The first-order valence-corrected chi connectivity index (χ1v) is 4.05. The Balaban J connectivity index is -0.000000107. The zero-order valence-corrected chi connectivity index (χ0v) is 7.97. The summed E-state index contributed by atoms with van der Waals surface area (Å²) in [5, 5.41) is 0. The van der Waals surface area contributed by atoms with Crippen molar-refractivity contribution in [3.63, 3.8) is 0 Å². The molecule has 11 heavy (non-hydrogen) atoms. The van der Waals surface area contributed by atoms with E-state index in [1.54, 1.807) is 0 Å². The third kappa shape index (κ3) is 43.2. The molecule has 0 aromatic carbocycles. The average molecular weight is 151 g/mol. The van der Waals surface area contributed by atoms with Crippen molar-refractivity contribution < 1.29 is 0 Å². The first kappa shape index (κ1) is 16.9. The molecular weight excluding hydrogens is 131 g/mol. The molecule has 0 aliphatic heterocycles. The lowest BCUT2D eigenvalue weighted by atomic mass is 10.3. The van der Waals surface area contributed by atoms with Crippen molar-refractivity contribution in [1.82, 2.24) is 0 Å². The predicted octanol–water partition coefficient (Wildman–Crippen LogP) is 3.56. The van der Waals surface area contributed by atoms with Crippen molar-refractivity contribution >= 4 is 8.41 Å². The SMILES string of the molecule is C=CCCC.C=CCCC.[B]. The van der Waals surface area contributed by atoms with Gasteiger partial charge in [-0.15, -0.1) is 13.2 Å². The fourth-order valence-electron chi connectivity index (χ4n) is 0.408. The second-order valence-electron chi connectivity index (χ2n) is 2.15. The highest BCUT2D eigenvalue weighted by Gasteiger charge is 1.62. The fourth-order valence-corrected chi connectivity index (χ4v) is 0.408. The van der Waals surface area contributed by atoms with Crippen LogP contribution in [-0.4, -0.2) is 8.41 Å². The summed E-state index contributed by atoms with van der Waals surface area (Å²) in [6.45, 7) is 11.4. The first-order chi connectivity index (χ1) is 4.83. The molecule has 0 fully saturated rings. The molecule has 3 radical (unpaired) electrons. The maximum atomic E-state index is 3.55. The minimum Gasteiger partial charge on any atom is -0.103 e. The van der Waals surface area contributed by atoms with E-state index in [1.165, 1.54) is 12.8 Å². The molecule has 0 amide bonds. The number of hydrogen-bond acceptors (Lipinski definition) is 0. The molecule has 0 atom stereocenters. The van der Waals surface area contributed by atoms with Crippen LogP contribution >= 0.6 is 0 Å². The third-order valence-corrected chi connectivity index (χ3v) is 0.986. The Morgan fingerprint density at radius 2 is 1.18 bits per heavy atom. The Morgan fingerprint density at radius 3 is 1.18 bits per heavy atom. The van der Waals surface area contributed by atoms with E-state index in [4.69, 9.17) is 0 Å². The molecule has 0 saturated heterocycles. The molecule has 1 heteroatoms. The van der Waals surface area contributed by atoms with Crippen molar-refractivity contribution in [2.75, 3.05) is 0 Å². The summed E-state index contributed by atoms with van der Waals surface area (Å²) in [5.41, 5.74) is 0. The summed E-state index contributed by atoms with van der Waals surface area (Å²) < 4.78 is 0. The van der Waals surface area contributed by atoms with Gasteiger partial charge in [0.05, 0.1) is 0 Å². The maximum absolute atomic E-state index is 3.55. The third-order valence-electron chi connectivity index (χ3n) is 0.986. The van der Waals surface area contributed by atoms with E-state index in [1.807, 2.05) is 12.2 Å². The zero-order chi connectivity index (χ0) is 8.24. The number of allylic oxidation sites excluding steroid dienone is 2. The van der Waals surface area contributed by atoms with Crippen LogP contribution in [0.25, 0.3) is 0 Å². The molecule has 0 spiro atoms. The summed E-state index contributed by atoms with van der Waals surface area (Å²) in [6, 6.07) is 0. The smallest absolute Gasteiger partial charge is 0 e. The Kier molecular flexibility index (Phi) is 34.8. The molecule has 0 heterocycles. The molecule has 63 valence electrons. The molecule has 0 unspecified atom stereocenters. The number of hydrogen-bond donors (Lipinski definition) is 0. The standard InChI is InChI=1S/2C5H10.B/c2*1-3-5-4-2;/h2*3H,1,4-5H2,2H3;. The molecule has 0 aliphatic carbocycles. The van der Waals surface area contributed by atoms with Crippen LogP contribution in [0.15, 0.2) is 25.3 Å². The molecule has 0 saturated carbocycles. The van der Waals surface area contributed by atoms with Gasteiger partial charge in [-0.25, -0.2) is 0 Å². The van der Waals surface area contributed by atoms with Gasteiger partial charge in [0, 0.05) is 8.41 Å². The van der Waals surface area contributed by atoms with E-state index in [-0.39, 0.29) is 8.41 Å². The Morgan fingerprint density at radius 1 is 0.909 bits per heavy atom.